The number of rotatable bonds is 10. The second-order valence-electron chi connectivity index (χ2n) is 4.24. The Labute approximate surface area is 93.0 Å². The zero-order chi connectivity index (χ0) is 11.5. The van der Waals surface area contributed by atoms with E-state index < -0.39 is 0 Å². The summed E-state index contributed by atoms with van der Waals surface area (Å²) in [6.07, 6.45) is 3.65. The van der Waals surface area contributed by atoms with Crippen LogP contribution in [0.3, 0.4) is 0 Å². The lowest BCUT2D eigenvalue weighted by molar-refractivity contribution is -0.117. The number of ketones is 1. The van der Waals surface area contributed by atoms with E-state index in [1.807, 2.05) is 0 Å². The third kappa shape index (κ3) is 11.5. The van der Waals surface area contributed by atoms with Gasteiger partial charge in [-0.25, -0.2) is 0 Å². The minimum atomic E-state index is 0.171. The molecule has 0 unspecified atom stereocenters. The van der Waals surface area contributed by atoms with Crippen LogP contribution in [-0.4, -0.2) is 32.1 Å². The van der Waals surface area contributed by atoms with Crippen LogP contribution in [0.4, 0.5) is 0 Å². The first-order chi connectivity index (χ1) is 7.16. The van der Waals surface area contributed by atoms with Gasteiger partial charge in [0.2, 0.25) is 0 Å². The van der Waals surface area contributed by atoms with E-state index in [0.717, 1.165) is 18.9 Å². The number of hydrogen-bond donors (Lipinski definition) is 3. The summed E-state index contributed by atoms with van der Waals surface area (Å²) in [5.41, 5.74) is 5.22. The lowest BCUT2D eigenvalue weighted by atomic mass is 10.1. The standard InChI is InChI=1S/C11H25N3O/c1-10(2)5-3-4-6-13-7-11(15)8-14-9-12/h10,13-14H,3-9,12H2,1-2H3. The molecule has 0 heterocycles. The minimum Gasteiger partial charge on any atom is -0.318 e. The fourth-order valence-electron chi connectivity index (χ4n) is 1.30. The summed E-state index contributed by atoms with van der Waals surface area (Å²) in [6.45, 7) is 6.58. The summed E-state index contributed by atoms with van der Waals surface area (Å²) in [6, 6.07) is 0. The Kier molecular flexibility index (Phi) is 9.78. The molecule has 0 saturated heterocycles. The SMILES string of the molecule is CC(C)CCCCNCC(=O)CNCN. The van der Waals surface area contributed by atoms with Crippen LogP contribution in [0, 0.1) is 5.92 Å². The van der Waals surface area contributed by atoms with Crippen LogP contribution in [0.5, 0.6) is 0 Å². The van der Waals surface area contributed by atoms with Gasteiger partial charge in [0.05, 0.1) is 13.1 Å². The van der Waals surface area contributed by atoms with Gasteiger partial charge in [-0.2, -0.15) is 0 Å². The Bertz CT molecular complexity index is 160. The van der Waals surface area contributed by atoms with Crippen molar-refractivity contribution in [2.75, 3.05) is 26.3 Å². The molecule has 4 nitrogen and oxygen atoms in total. The van der Waals surface area contributed by atoms with Gasteiger partial charge in [-0.1, -0.05) is 26.7 Å². The van der Waals surface area contributed by atoms with Crippen LogP contribution in [0.15, 0.2) is 0 Å². The van der Waals surface area contributed by atoms with Gasteiger partial charge in [-0.05, 0) is 18.9 Å². The summed E-state index contributed by atoms with van der Waals surface area (Å²) in [5.74, 6) is 0.949. The molecule has 0 aliphatic heterocycles. The van der Waals surface area contributed by atoms with E-state index in [0.29, 0.717) is 19.8 Å². The zero-order valence-electron chi connectivity index (χ0n) is 10.0. The first-order valence-corrected chi connectivity index (χ1v) is 5.80. The normalized spacial score (nSPS) is 10.9. The van der Waals surface area contributed by atoms with Gasteiger partial charge in [0, 0.05) is 6.67 Å². The number of carbonyl (C=O) groups is 1. The fraction of sp³-hybridized carbons (Fsp3) is 0.909. The van der Waals surface area contributed by atoms with Crippen molar-refractivity contribution < 1.29 is 4.79 Å². The Balaban J connectivity index is 3.13. The first kappa shape index (κ1) is 14.6. The van der Waals surface area contributed by atoms with Crippen molar-refractivity contribution >= 4 is 5.78 Å². The van der Waals surface area contributed by atoms with Crippen LogP contribution in [-0.2, 0) is 4.79 Å². The molecular formula is C11H25N3O. The number of unbranched alkanes of at least 4 members (excludes halogenated alkanes) is 1. The van der Waals surface area contributed by atoms with Crippen LogP contribution in [0.1, 0.15) is 33.1 Å². The number of carbonyl (C=O) groups excluding carboxylic acids is 1. The van der Waals surface area contributed by atoms with Crippen molar-refractivity contribution in [1.82, 2.24) is 10.6 Å². The Hall–Kier alpha value is -0.450. The predicted octanol–water partition coefficient (Wildman–Crippen LogP) is 0.477. The fourth-order valence-corrected chi connectivity index (χ4v) is 1.30. The number of hydrogen-bond acceptors (Lipinski definition) is 4. The number of nitrogens with one attached hydrogen (secondary N) is 2. The molecule has 0 aromatic carbocycles. The molecule has 0 rings (SSSR count). The maximum atomic E-state index is 11.2. The van der Waals surface area contributed by atoms with Crippen molar-refractivity contribution in [1.29, 1.82) is 0 Å². The second kappa shape index (κ2) is 10.1. The van der Waals surface area contributed by atoms with Crippen LogP contribution in [0.2, 0.25) is 0 Å². The number of nitrogens with two attached hydrogens (primary N) is 1. The van der Waals surface area contributed by atoms with Gasteiger partial charge >= 0.3 is 0 Å². The van der Waals surface area contributed by atoms with Gasteiger partial charge in [-0.3, -0.25) is 10.1 Å². The van der Waals surface area contributed by atoms with Gasteiger partial charge in [0.1, 0.15) is 0 Å². The third-order valence-corrected chi connectivity index (χ3v) is 2.17. The molecule has 0 saturated carbocycles. The van der Waals surface area contributed by atoms with Crippen molar-refractivity contribution in [3.8, 4) is 0 Å². The lowest BCUT2D eigenvalue weighted by Gasteiger charge is -2.06. The lowest BCUT2D eigenvalue weighted by Crippen LogP contribution is -2.34. The van der Waals surface area contributed by atoms with Crippen molar-refractivity contribution in [3.63, 3.8) is 0 Å². The van der Waals surface area contributed by atoms with Crippen LogP contribution < -0.4 is 16.4 Å². The highest BCUT2D eigenvalue weighted by Crippen LogP contribution is 2.04. The van der Waals surface area contributed by atoms with Gasteiger partial charge < -0.3 is 11.1 Å². The highest BCUT2D eigenvalue weighted by atomic mass is 16.1. The molecule has 0 aromatic heterocycles. The van der Waals surface area contributed by atoms with E-state index in [1.165, 1.54) is 12.8 Å². The molecule has 0 bridgehead atoms. The Morgan fingerprint density at radius 2 is 1.87 bits per heavy atom. The summed E-state index contributed by atoms with van der Waals surface area (Å²) in [4.78, 5) is 11.2. The van der Waals surface area contributed by atoms with Crippen molar-refractivity contribution in [2.45, 2.75) is 33.1 Å². The third-order valence-electron chi connectivity index (χ3n) is 2.17. The largest absolute Gasteiger partial charge is 0.318 e. The highest BCUT2D eigenvalue weighted by Gasteiger charge is 1.99. The summed E-state index contributed by atoms with van der Waals surface area (Å²) >= 11 is 0. The molecule has 0 fully saturated rings. The van der Waals surface area contributed by atoms with Gasteiger partial charge in [0.15, 0.2) is 5.78 Å². The second-order valence-corrected chi connectivity index (χ2v) is 4.24. The zero-order valence-corrected chi connectivity index (χ0v) is 10.0. The van der Waals surface area contributed by atoms with E-state index in [4.69, 9.17) is 5.73 Å². The van der Waals surface area contributed by atoms with E-state index in [1.54, 1.807) is 0 Å². The van der Waals surface area contributed by atoms with E-state index in [-0.39, 0.29) is 5.78 Å². The maximum absolute atomic E-state index is 11.2. The monoisotopic (exact) mass is 215 g/mol. The predicted molar refractivity (Wildman–Crippen MR) is 63.6 cm³/mol. The molecule has 4 heteroatoms. The molecule has 0 atom stereocenters. The first-order valence-electron chi connectivity index (χ1n) is 5.80. The summed E-state index contributed by atoms with van der Waals surface area (Å²) in [7, 11) is 0. The van der Waals surface area contributed by atoms with E-state index in [9.17, 15) is 4.79 Å². The van der Waals surface area contributed by atoms with E-state index in [2.05, 4.69) is 24.5 Å². The topological polar surface area (TPSA) is 67.2 Å². The average Bonchev–Trinajstić information content (AvgIpc) is 2.19. The molecule has 0 aliphatic rings. The molecule has 0 aliphatic carbocycles. The molecule has 15 heavy (non-hydrogen) atoms. The quantitative estimate of drug-likeness (QED) is 0.366. The molecule has 90 valence electrons. The van der Waals surface area contributed by atoms with Crippen molar-refractivity contribution in [2.24, 2.45) is 11.7 Å². The maximum Gasteiger partial charge on any atom is 0.160 e. The van der Waals surface area contributed by atoms with Gasteiger partial charge in [0.25, 0.3) is 0 Å². The van der Waals surface area contributed by atoms with Crippen LogP contribution in [0.25, 0.3) is 0 Å². The van der Waals surface area contributed by atoms with Gasteiger partial charge in [-0.15, -0.1) is 0 Å². The molecule has 0 aromatic rings. The summed E-state index contributed by atoms with van der Waals surface area (Å²) in [5, 5.41) is 5.94. The minimum absolute atomic E-state index is 0.171. The molecule has 0 amide bonds. The highest BCUT2D eigenvalue weighted by molar-refractivity contribution is 5.82. The van der Waals surface area contributed by atoms with Crippen LogP contribution >= 0.6 is 0 Å². The number of Topliss-reactive ketones (excluding diaryl/α,β-unsaturated/α-hetero) is 1. The molecule has 0 radical (unpaired) electrons. The molecule has 4 N–H and O–H groups in total. The van der Waals surface area contributed by atoms with E-state index >= 15 is 0 Å². The smallest absolute Gasteiger partial charge is 0.160 e. The summed E-state index contributed by atoms with van der Waals surface area (Å²) < 4.78 is 0. The molecule has 0 spiro atoms. The van der Waals surface area contributed by atoms with Crippen molar-refractivity contribution in [3.05, 3.63) is 0 Å². The Morgan fingerprint density at radius 3 is 2.47 bits per heavy atom. The molecular weight excluding hydrogens is 190 g/mol. The Morgan fingerprint density at radius 1 is 1.20 bits per heavy atom. The average molecular weight is 215 g/mol.